The number of anilines is 2. The Morgan fingerprint density at radius 1 is 1.17 bits per heavy atom. The van der Waals surface area contributed by atoms with Gasteiger partial charge in [0.15, 0.2) is 9.84 Å². The van der Waals surface area contributed by atoms with Gasteiger partial charge in [-0.1, -0.05) is 19.1 Å². The lowest BCUT2D eigenvalue weighted by atomic mass is 10.0. The van der Waals surface area contributed by atoms with E-state index >= 15 is 0 Å². The molecule has 0 heterocycles. The third-order valence-corrected chi connectivity index (χ3v) is 6.06. The second kappa shape index (κ2) is 11.2. The normalized spacial score (nSPS) is 11.5. The third kappa shape index (κ3) is 6.06. The number of aromatic hydroxyl groups is 1. The zero-order chi connectivity index (χ0) is 25.6. The van der Waals surface area contributed by atoms with Gasteiger partial charge in [-0.3, -0.25) is 4.79 Å². The zero-order valence-electron chi connectivity index (χ0n) is 18.9. The van der Waals surface area contributed by atoms with E-state index in [0.29, 0.717) is 16.5 Å². The quantitative estimate of drug-likeness (QED) is 0.0874. The molecule has 0 atom stereocenters. The smallest absolute Gasteiger partial charge is 0.224 e. The van der Waals surface area contributed by atoms with Crippen LogP contribution in [0.4, 0.5) is 22.7 Å². The number of nitrogens with zero attached hydrogens (tertiary/aromatic N) is 3. The summed E-state index contributed by atoms with van der Waals surface area (Å²) < 4.78 is 28.4. The lowest BCUT2D eigenvalue weighted by molar-refractivity contribution is -0.160. The standard InChI is InChI=1S/C22H21N5O6S2/c1-4-20(28)24-19-11-18(21-15(22(19)29)6-5-7-17(21)27-32-33-34-2)26-25-16-9-8-14(35(3,30)31)10-13(16)12-23/h5-11,27,29H,4H2,1-3H3,(H,24,28). The van der Waals surface area contributed by atoms with E-state index < -0.39 is 9.84 Å². The van der Waals surface area contributed by atoms with Gasteiger partial charge in [0.25, 0.3) is 0 Å². The van der Waals surface area contributed by atoms with E-state index in [4.69, 9.17) is 9.32 Å². The second-order valence-electron chi connectivity index (χ2n) is 7.10. The predicted molar refractivity (Wildman–Crippen MR) is 132 cm³/mol. The van der Waals surface area contributed by atoms with Crippen LogP contribution in [0.1, 0.15) is 18.9 Å². The van der Waals surface area contributed by atoms with Crippen molar-refractivity contribution in [1.82, 2.24) is 0 Å². The van der Waals surface area contributed by atoms with Crippen LogP contribution in [0.25, 0.3) is 10.8 Å². The number of phenolic OH excluding ortho intramolecular Hbond substituents is 1. The number of fused-ring (bicyclic) bond motifs is 1. The highest BCUT2D eigenvalue weighted by molar-refractivity contribution is 7.93. The highest BCUT2D eigenvalue weighted by Gasteiger charge is 2.17. The van der Waals surface area contributed by atoms with Gasteiger partial charge in [-0.15, -0.1) is 19.6 Å². The first-order valence-electron chi connectivity index (χ1n) is 10.1. The molecule has 0 aliphatic carbocycles. The molecule has 0 spiro atoms. The summed E-state index contributed by atoms with van der Waals surface area (Å²) in [6, 6.07) is 12.2. The second-order valence-corrected chi connectivity index (χ2v) is 9.59. The number of phenols is 1. The van der Waals surface area contributed by atoms with Gasteiger partial charge in [0.05, 0.1) is 27.5 Å². The molecule has 3 N–H and O–H groups in total. The molecular formula is C22H21N5O6S2. The molecular weight excluding hydrogens is 494 g/mol. The number of hydrogen-bond acceptors (Lipinski definition) is 11. The fourth-order valence-corrected chi connectivity index (χ4v) is 3.82. The molecule has 0 fully saturated rings. The van der Waals surface area contributed by atoms with Crippen LogP contribution in [-0.4, -0.2) is 31.9 Å². The first-order chi connectivity index (χ1) is 16.7. The number of rotatable bonds is 9. The minimum Gasteiger partial charge on any atom is -0.505 e. The lowest BCUT2D eigenvalue weighted by Gasteiger charge is -2.14. The van der Waals surface area contributed by atoms with Gasteiger partial charge in [0.2, 0.25) is 5.91 Å². The van der Waals surface area contributed by atoms with Crippen LogP contribution in [0.15, 0.2) is 57.6 Å². The van der Waals surface area contributed by atoms with Crippen LogP contribution in [0.5, 0.6) is 5.75 Å². The number of carbonyl (C=O) groups is 1. The van der Waals surface area contributed by atoms with Crippen LogP contribution >= 0.6 is 12.0 Å². The Balaban J connectivity index is 2.18. The van der Waals surface area contributed by atoms with E-state index in [9.17, 15) is 23.6 Å². The number of carbonyl (C=O) groups excluding carboxylic acids is 1. The van der Waals surface area contributed by atoms with Crippen LogP contribution < -0.4 is 10.8 Å². The summed E-state index contributed by atoms with van der Waals surface area (Å²) in [6.07, 6.45) is 2.88. The number of amides is 1. The summed E-state index contributed by atoms with van der Waals surface area (Å²) in [5, 5.41) is 32.0. The molecule has 0 bridgehead atoms. The summed E-state index contributed by atoms with van der Waals surface area (Å²) >= 11 is 0.963. The van der Waals surface area contributed by atoms with Crippen molar-refractivity contribution in [2.24, 2.45) is 10.2 Å². The van der Waals surface area contributed by atoms with Crippen molar-refractivity contribution in [3.63, 3.8) is 0 Å². The maximum absolute atomic E-state index is 12.0. The number of benzene rings is 3. The van der Waals surface area contributed by atoms with Crippen molar-refractivity contribution in [3.05, 3.63) is 48.0 Å². The Morgan fingerprint density at radius 2 is 1.91 bits per heavy atom. The van der Waals surface area contributed by atoms with Crippen molar-refractivity contribution >= 4 is 61.3 Å². The van der Waals surface area contributed by atoms with Crippen molar-refractivity contribution in [2.75, 3.05) is 23.3 Å². The first kappa shape index (κ1) is 25.9. The molecule has 0 saturated carbocycles. The highest BCUT2D eigenvalue weighted by atomic mass is 32.2. The molecule has 13 heteroatoms. The SMILES string of the molecule is CCC(=O)Nc1cc(N=Nc2ccc(S(C)(=O)=O)cc2C#N)c2c(NOOSC)cccc2c1O. The Labute approximate surface area is 205 Å². The van der Waals surface area contributed by atoms with Crippen LogP contribution in [-0.2, 0) is 24.0 Å². The van der Waals surface area contributed by atoms with E-state index in [0.717, 1.165) is 18.3 Å². The fraction of sp³-hybridized carbons (Fsp3) is 0.182. The average molecular weight is 516 g/mol. The molecule has 3 rings (SSSR count). The van der Waals surface area contributed by atoms with Crippen LogP contribution in [0.3, 0.4) is 0 Å². The number of sulfone groups is 1. The van der Waals surface area contributed by atoms with E-state index in [2.05, 4.69) is 21.0 Å². The van der Waals surface area contributed by atoms with E-state index in [1.807, 2.05) is 6.07 Å². The van der Waals surface area contributed by atoms with Gasteiger partial charge in [-0.25, -0.2) is 13.9 Å². The summed E-state index contributed by atoms with van der Waals surface area (Å²) in [5.74, 6) is -0.512. The van der Waals surface area contributed by atoms with Gasteiger partial charge < -0.3 is 10.4 Å². The molecule has 0 aromatic heterocycles. The lowest BCUT2D eigenvalue weighted by Crippen LogP contribution is -2.09. The monoisotopic (exact) mass is 515 g/mol. The van der Waals surface area contributed by atoms with Crippen molar-refractivity contribution in [3.8, 4) is 11.8 Å². The van der Waals surface area contributed by atoms with E-state index in [1.54, 1.807) is 31.4 Å². The van der Waals surface area contributed by atoms with E-state index in [1.165, 1.54) is 24.3 Å². The average Bonchev–Trinajstić information content (AvgIpc) is 2.84. The number of nitrogens with one attached hydrogen (secondary N) is 2. The van der Waals surface area contributed by atoms with Gasteiger partial charge in [-0.05, 0) is 30.3 Å². The van der Waals surface area contributed by atoms with Crippen molar-refractivity contribution in [2.45, 2.75) is 18.2 Å². The predicted octanol–water partition coefficient (Wildman–Crippen LogP) is 5.14. The first-order valence-corrected chi connectivity index (χ1v) is 13.1. The number of hydrogen-bond donors (Lipinski definition) is 3. The molecule has 0 aliphatic heterocycles. The molecule has 0 saturated heterocycles. The molecule has 0 radical (unpaired) electrons. The van der Waals surface area contributed by atoms with Crippen molar-refractivity contribution in [1.29, 1.82) is 5.26 Å². The summed E-state index contributed by atoms with van der Waals surface area (Å²) in [6.45, 7) is 1.67. The summed E-state index contributed by atoms with van der Waals surface area (Å²) in [4.78, 5) is 16.9. The zero-order valence-corrected chi connectivity index (χ0v) is 20.5. The molecule has 0 unspecified atom stereocenters. The number of azo groups is 1. The van der Waals surface area contributed by atoms with Crippen LogP contribution in [0.2, 0.25) is 0 Å². The summed E-state index contributed by atoms with van der Waals surface area (Å²) in [7, 11) is -3.52. The molecule has 182 valence electrons. The van der Waals surface area contributed by atoms with Crippen LogP contribution in [0, 0.1) is 11.3 Å². The maximum Gasteiger partial charge on any atom is 0.224 e. The van der Waals surface area contributed by atoms with Gasteiger partial charge >= 0.3 is 0 Å². The topological polar surface area (TPSA) is 162 Å². The largest absolute Gasteiger partial charge is 0.505 e. The molecule has 1 amide bonds. The maximum atomic E-state index is 12.0. The Morgan fingerprint density at radius 3 is 2.57 bits per heavy atom. The molecule has 3 aromatic carbocycles. The number of nitriles is 1. The summed E-state index contributed by atoms with van der Waals surface area (Å²) in [5.41, 5.74) is 3.46. The Kier molecular flexibility index (Phi) is 8.26. The molecule has 3 aromatic rings. The minimum absolute atomic E-state index is 0.00863. The van der Waals surface area contributed by atoms with Gasteiger partial charge in [-0.2, -0.15) is 5.26 Å². The highest BCUT2D eigenvalue weighted by Crippen LogP contribution is 2.43. The van der Waals surface area contributed by atoms with Crippen molar-refractivity contribution < 1.29 is 27.6 Å². The third-order valence-electron chi connectivity index (χ3n) is 4.74. The van der Waals surface area contributed by atoms with Gasteiger partial charge in [0.1, 0.15) is 17.5 Å². The molecule has 11 nitrogen and oxygen atoms in total. The molecule has 0 aliphatic rings. The Bertz CT molecular complexity index is 1450. The fourth-order valence-electron chi connectivity index (χ4n) is 3.07. The van der Waals surface area contributed by atoms with E-state index in [-0.39, 0.29) is 45.6 Å². The Hall–Kier alpha value is -3.70. The minimum atomic E-state index is -3.52. The van der Waals surface area contributed by atoms with Gasteiger partial charge in [0, 0.05) is 41.7 Å². The molecule has 35 heavy (non-hydrogen) atoms.